The standard InChI is InChI=1S/C16H20N2/c1-12(13-5-2-3-6-13)18-15-8-9-16-14(11-15)7-4-10-17-16/h4,7-13,18H,2-3,5-6H2,1H3. The van der Waals surface area contributed by atoms with Crippen LogP contribution in [0.3, 0.4) is 0 Å². The molecular weight excluding hydrogens is 220 g/mol. The molecule has 2 heteroatoms. The molecule has 1 fully saturated rings. The SMILES string of the molecule is CC(Nc1ccc2ncccc2c1)C1CCCC1. The Kier molecular flexibility index (Phi) is 3.18. The number of nitrogens with zero attached hydrogens (tertiary/aromatic N) is 1. The van der Waals surface area contributed by atoms with E-state index in [1.165, 1.54) is 36.8 Å². The molecule has 1 unspecified atom stereocenters. The highest BCUT2D eigenvalue weighted by molar-refractivity contribution is 5.82. The lowest BCUT2D eigenvalue weighted by atomic mass is 9.99. The molecule has 18 heavy (non-hydrogen) atoms. The number of hydrogen-bond donors (Lipinski definition) is 1. The quantitative estimate of drug-likeness (QED) is 0.868. The summed E-state index contributed by atoms with van der Waals surface area (Å²) in [4.78, 5) is 4.35. The van der Waals surface area contributed by atoms with Crippen LogP contribution in [0.25, 0.3) is 10.9 Å². The largest absolute Gasteiger partial charge is 0.382 e. The Bertz CT molecular complexity index is 529. The van der Waals surface area contributed by atoms with Crippen molar-refractivity contribution in [2.75, 3.05) is 5.32 Å². The fraction of sp³-hybridized carbons (Fsp3) is 0.438. The highest BCUT2D eigenvalue weighted by atomic mass is 14.9. The number of aromatic nitrogens is 1. The number of anilines is 1. The zero-order valence-corrected chi connectivity index (χ0v) is 10.9. The maximum absolute atomic E-state index is 4.35. The summed E-state index contributed by atoms with van der Waals surface area (Å²) in [5, 5.41) is 4.86. The van der Waals surface area contributed by atoms with E-state index in [0.717, 1.165) is 11.4 Å². The summed E-state index contributed by atoms with van der Waals surface area (Å²) < 4.78 is 0. The molecule has 0 saturated heterocycles. The summed E-state index contributed by atoms with van der Waals surface area (Å²) in [5.41, 5.74) is 2.28. The molecule has 0 spiro atoms. The number of fused-ring (bicyclic) bond motifs is 1. The molecule has 0 radical (unpaired) electrons. The monoisotopic (exact) mass is 240 g/mol. The predicted octanol–water partition coefficient (Wildman–Crippen LogP) is 4.23. The van der Waals surface area contributed by atoms with E-state index in [-0.39, 0.29) is 0 Å². The van der Waals surface area contributed by atoms with Gasteiger partial charge in [-0.15, -0.1) is 0 Å². The van der Waals surface area contributed by atoms with E-state index in [0.29, 0.717) is 6.04 Å². The molecule has 3 rings (SSSR count). The zero-order valence-electron chi connectivity index (χ0n) is 10.9. The summed E-state index contributed by atoms with van der Waals surface area (Å²) in [6, 6.07) is 11.1. The molecule has 2 nitrogen and oxygen atoms in total. The van der Waals surface area contributed by atoms with Crippen molar-refractivity contribution in [1.82, 2.24) is 4.98 Å². The third kappa shape index (κ3) is 2.33. The summed E-state index contributed by atoms with van der Waals surface area (Å²) >= 11 is 0. The summed E-state index contributed by atoms with van der Waals surface area (Å²) in [6.07, 6.45) is 7.40. The van der Waals surface area contributed by atoms with Crippen LogP contribution in [0.15, 0.2) is 36.5 Å². The van der Waals surface area contributed by atoms with E-state index in [9.17, 15) is 0 Å². The van der Waals surface area contributed by atoms with Crippen molar-refractivity contribution >= 4 is 16.6 Å². The highest BCUT2D eigenvalue weighted by Gasteiger charge is 2.21. The first kappa shape index (κ1) is 11.5. The minimum absolute atomic E-state index is 0.571. The fourth-order valence-electron chi connectivity index (χ4n) is 3.00. The van der Waals surface area contributed by atoms with Crippen molar-refractivity contribution in [3.8, 4) is 0 Å². The molecule has 0 amide bonds. The average molecular weight is 240 g/mol. The molecule has 0 aliphatic heterocycles. The zero-order chi connectivity index (χ0) is 12.4. The molecule has 1 aliphatic carbocycles. The molecule has 1 aliphatic rings. The lowest BCUT2D eigenvalue weighted by molar-refractivity contribution is 0.482. The Morgan fingerprint density at radius 2 is 2.06 bits per heavy atom. The van der Waals surface area contributed by atoms with Gasteiger partial charge in [-0.2, -0.15) is 0 Å². The van der Waals surface area contributed by atoms with E-state index in [2.05, 4.69) is 41.5 Å². The minimum atomic E-state index is 0.571. The van der Waals surface area contributed by atoms with Crippen molar-refractivity contribution in [3.63, 3.8) is 0 Å². The Labute approximate surface area is 108 Å². The molecule has 94 valence electrons. The van der Waals surface area contributed by atoms with Crippen LogP contribution in [0.4, 0.5) is 5.69 Å². The minimum Gasteiger partial charge on any atom is -0.382 e. The second-order valence-corrected chi connectivity index (χ2v) is 5.39. The van der Waals surface area contributed by atoms with Gasteiger partial charge in [0.1, 0.15) is 0 Å². The van der Waals surface area contributed by atoms with Crippen LogP contribution in [0.5, 0.6) is 0 Å². The number of pyridine rings is 1. The van der Waals surface area contributed by atoms with E-state index in [1.54, 1.807) is 0 Å². The smallest absolute Gasteiger partial charge is 0.0703 e. The van der Waals surface area contributed by atoms with Gasteiger partial charge in [0, 0.05) is 23.3 Å². The molecule has 1 atom stereocenters. The average Bonchev–Trinajstić information content (AvgIpc) is 2.92. The second kappa shape index (κ2) is 4.97. The van der Waals surface area contributed by atoms with Crippen molar-refractivity contribution in [3.05, 3.63) is 36.5 Å². The fourth-order valence-corrected chi connectivity index (χ4v) is 3.00. The summed E-state index contributed by atoms with van der Waals surface area (Å²) in [6.45, 7) is 2.31. The maximum Gasteiger partial charge on any atom is 0.0703 e. The van der Waals surface area contributed by atoms with Crippen molar-refractivity contribution < 1.29 is 0 Å². The topological polar surface area (TPSA) is 24.9 Å². The summed E-state index contributed by atoms with van der Waals surface area (Å²) in [7, 11) is 0. The van der Waals surface area contributed by atoms with Crippen molar-refractivity contribution in [1.29, 1.82) is 0 Å². The molecule has 1 N–H and O–H groups in total. The highest BCUT2D eigenvalue weighted by Crippen LogP contribution is 2.29. The van der Waals surface area contributed by atoms with E-state index in [1.807, 2.05) is 12.3 Å². The molecule has 1 saturated carbocycles. The lowest BCUT2D eigenvalue weighted by Gasteiger charge is -2.21. The van der Waals surface area contributed by atoms with Gasteiger partial charge in [-0.05, 0) is 49.9 Å². The third-order valence-electron chi connectivity index (χ3n) is 4.10. The van der Waals surface area contributed by atoms with Gasteiger partial charge in [0.2, 0.25) is 0 Å². The van der Waals surface area contributed by atoms with Gasteiger partial charge in [-0.1, -0.05) is 18.9 Å². The van der Waals surface area contributed by atoms with E-state index in [4.69, 9.17) is 0 Å². The third-order valence-corrected chi connectivity index (χ3v) is 4.10. The van der Waals surface area contributed by atoms with Crippen LogP contribution in [-0.2, 0) is 0 Å². The predicted molar refractivity (Wildman–Crippen MR) is 76.8 cm³/mol. The van der Waals surface area contributed by atoms with Gasteiger partial charge in [0.25, 0.3) is 0 Å². The van der Waals surface area contributed by atoms with Crippen LogP contribution >= 0.6 is 0 Å². The normalized spacial score (nSPS) is 18.1. The van der Waals surface area contributed by atoms with Gasteiger partial charge in [-0.3, -0.25) is 4.98 Å². The Balaban J connectivity index is 1.77. The first-order chi connectivity index (χ1) is 8.83. The number of nitrogens with one attached hydrogen (secondary N) is 1. The maximum atomic E-state index is 4.35. The second-order valence-electron chi connectivity index (χ2n) is 5.39. The van der Waals surface area contributed by atoms with Gasteiger partial charge in [0.15, 0.2) is 0 Å². The first-order valence-corrected chi connectivity index (χ1v) is 6.94. The Morgan fingerprint density at radius 3 is 2.89 bits per heavy atom. The van der Waals surface area contributed by atoms with Gasteiger partial charge < -0.3 is 5.32 Å². The van der Waals surface area contributed by atoms with E-state index >= 15 is 0 Å². The van der Waals surface area contributed by atoms with E-state index < -0.39 is 0 Å². The van der Waals surface area contributed by atoms with Crippen molar-refractivity contribution in [2.45, 2.75) is 38.6 Å². The van der Waals surface area contributed by atoms with Crippen LogP contribution in [0.1, 0.15) is 32.6 Å². The van der Waals surface area contributed by atoms with Crippen LogP contribution < -0.4 is 5.32 Å². The summed E-state index contributed by atoms with van der Waals surface area (Å²) in [5.74, 6) is 0.842. The number of benzene rings is 1. The number of hydrogen-bond acceptors (Lipinski definition) is 2. The number of rotatable bonds is 3. The first-order valence-electron chi connectivity index (χ1n) is 6.94. The molecule has 2 aromatic rings. The van der Waals surface area contributed by atoms with Crippen molar-refractivity contribution in [2.24, 2.45) is 5.92 Å². The van der Waals surface area contributed by atoms with Gasteiger partial charge >= 0.3 is 0 Å². The van der Waals surface area contributed by atoms with Crippen LogP contribution in [-0.4, -0.2) is 11.0 Å². The van der Waals surface area contributed by atoms with Crippen LogP contribution in [0, 0.1) is 5.92 Å². The van der Waals surface area contributed by atoms with Gasteiger partial charge in [0.05, 0.1) is 5.52 Å². The molecular formula is C16H20N2. The lowest BCUT2D eigenvalue weighted by Crippen LogP contribution is -2.23. The van der Waals surface area contributed by atoms with Gasteiger partial charge in [-0.25, -0.2) is 0 Å². The Morgan fingerprint density at radius 1 is 1.22 bits per heavy atom. The molecule has 0 bridgehead atoms. The molecule has 1 aromatic heterocycles. The van der Waals surface area contributed by atoms with Crippen LogP contribution in [0.2, 0.25) is 0 Å². The molecule has 1 aromatic carbocycles. The Hall–Kier alpha value is -1.57. The molecule has 1 heterocycles.